The summed E-state index contributed by atoms with van der Waals surface area (Å²) in [6, 6.07) is 26.8. The van der Waals surface area contributed by atoms with Crippen LogP contribution in [0.3, 0.4) is 0 Å². The van der Waals surface area contributed by atoms with Crippen molar-refractivity contribution in [2.24, 2.45) is 0 Å². The first kappa shape index (κ1) is 19.2. The van der Waals surface area contributed by atoms with E-state index in [9.17, 15) is 0 Å². The van der Waals surface area contributed by atoms with Crippen LogP contribution in [0.15, 0.2) is 98.6 Å². The Morgan fingerprint density at radius 2 is 1.00 bits per heavy atom. The van der Waals surface area contributed by atoms with Gasteiger partial charge in [-0.2, -0.15) is 0 Å². The molecule has 0 aliphatic carbocycles. The second-order valence-electron chi connectivity index (χ2n) is 6.00. The summed E-state index contributed by atoms with van der Waals surface area (Å²) in [4.78, 5) is 0. The summed E-state index contributed by atoms with van der Waals surface area (Å²) < 4.78 is 0. The van der Waals surface area contributed by atoms with Gasteiger partial charge in [-0.25, -0.2) is 0 Å². The maximum Gasteiger partial charge on any atom is 0.00728 e. The highest BCUT2D eigenvalue weighted by Gasteiger charge is 2.13. The third-order valence-corrected chi connectivity index (χ3v) is 4.40. The Kier molecular flexibility index (Phi) is 7.39. The van der Waals surface area contributed by atoms with Crippen molar-refractivity contribution in [1.29, 1.82) is 0 Å². The number of hydrogen-bond donors (Lipinski definition) is 0. The maximum absolute atomic E-state index is 3.89. The molecule has 0 unspecified atom stereocenters. The zero-order chi connectivity index (χ0) is 18.8. The SMILES string of the molecule is C=Cc1ccccc1.C=Cc1ccccc1C(C)c1ccccc1C=C. The van der Waals surface area contributed by atoms with Crippen LogP contribution in [0, 0.1) is 0 Å². The summed E-state index contributed by atoms with van der Waals surface area (Å²) in [5.74, 6) is 0.341. The van der Waals surface area contributed by atoms with Crippen LogP contribution < -0.4 is 0 Å². The van der Waals surface area contributed by atoms with Crippen LogP contribution in [-0.4, -0.2) is 0 Å². The van der Waals surface area contributed by atoms with E-state index in [0.717, 1.165) is 0 Å². The molecule has 0 aliphatic rings. The molecule has 0 heterocycles. The Morgan fingerprint density at radius 3 is 1.38 bits per heavy atom. The highest BCUT2D eigenvalue weighted by atomic mass is 14.2. The van der Waals surface area contributed by atoms with E-state index in [1.54, 1.807) is 0 Å². The lowest BCUT2D eigenvalue weighted by molar-refractivity contribution is 0.916. The van der Waals surface area contributed by atoms with Crippen LogP contribution in [0.25, 0.3) is 18.2 Å². The van der Waals surface area contributed by atoms with E-state index in [-0.39, 0.29) is 0 Å². The van der Waals surface area contributed by atoms with E-state index < -0.39 is 0 Å². The van der Waals surface area contributed by atoms with Crippen LogP contribution in [-0.2, 0) is 0 Å². The molecule has 26 heavy (non-hydrogen) atoms. The van der Waals surface area contributed by atoms with Gasteiger partial charge in [0.25, 0.3) is 0 Å². The van der Waals surface area contributed by atoms with Gasteiger partial charge >= 0.3 is 0 Å². The molecular weight excluding hydrogens is 312 g/mol. The molecule has 0 bridgehead atoms. The molecule has 0 aliphatic heterocycles. The molecule has 0 atom stereocenters. The molecule has 0 N–H and O–H groups in total. The first-order valence-corrected chi connectivity index (χ1v) is 8.81. The van der Waals surface area contributed by atoms with Crippen molar-refractivity contribution in [1.82, 2.24) is 0 Å². The Morgan fingerprint density at radius 1 is 0.577 bits per heavy atom. The average molecular weight is 338 g/mol. The van der Waals surface area contributed by atoms with E-state index in [4.69, 9.17) is 0 Å². The van der Waals surface area contributed by atoms with Crippen LogP contribution in [0.1, 0.15) is 40.7 Å². The highest BCUT2D eigenvalue weighted by molar-refractivity contribution is 5.59. The molecule has 130 valence electrons. The zero-order valence-electron chi connectivity index (χ0n) is 15.4. The fourth-order valence-electron chi connectivity index (χ4n) is 2.94. The Hall–Kier alpha value is -3.12. The fraction of sp³-hybridized carbons (Fsp3) is 0.0769. The molecule has 0 saturated carbocycles. The van der Waals surface area contributed by atoms with Gasteiger partial charge in [-0.1, -0.05) is 124 Å². The van der Waals surface area contributed by atoms with Crippen molar-refractivity contribution in [2.75, 3.05) is 0 Å². The Bertz CT molecular complexity index is 804. The van der Waals surface area contributed by atoms with Crippen molar-refractivity contribution in [2.45, 2.75) is 12.8 Å². The van der Waals surface area contributed by atoms with Crippen LogP contribution in [0.5, 0.6) is 0 Å². The summed E-state index contributed by atoms with van der Waals surface area (Å²) in [5, 5.41) is 0. The van der Waals surface area contributed by atoms with Gasteiger partial charge in [-0.15, -0.1) is 0 Å². The van der Waals surface area contributed by atoms with Gasteiger partial charge < -0.3 is 0 Å². The molecule has 0 amide bonds. The average Bonchev–Trinajstić information content (AvgIpc) is 2.74. The van der Waals surface area contributed by atoms with Crippen LogP contribution in [0.2, 0.25) is 0 Å². The highest BCUT2D eigenvalue weighted by Crippen LogP contribution is 2.30. The predicted molar refractivity (Wildman–Crippen MR) is 117 cm³/mol. The molecule has 3 aromatic rings. The van der Waals surface area contributed by atoms with Gasteiger partial charge in [0, 0.05) is 5.92 Å². The largest absolute Gasteiger partial charge is 0.0985 e. The molecule has 0 heteroatoms. The van der Waals surface area contributed by atoms with E-state index in [2.05, 4.69) is 63.1 Å². The monoisotopic (exact) mass is 338 g/mol. The van der Waals surface area contributed by atoms with Gasteiger partial charge in [-0.3, -0.25) is 0 Å². The van der Waals surface area contributed by atoms with E-state index >= 15 is 0 Å². The van der Waals surface area contributed by atoms with Gasteiger partial charge in [0.2, 0.25) is 0 Å². The minimum atomic E-state index is 0.341. The Labute approximate surface area is 157 Å². The molecule has 3 rings (SSSR count). The lowest BCUT2D eigenvalue weighted by Crippen LogP contribution is -2.00. The van der Waals surface area contributed by atoms with Crippen LogP contribution in [0.4, 0.5) is 0 Å². The Balaban J connectivity index is 0.000000254. The minimum absolute atomic E-state index is 0.341. The fourth-order valence-corrected chi connectivity index (χ4v) is 2.94. The first-order chi connectivity index (χ1) is 12.7. The van der Waals surface area contributed by atoms with E-state index in [1.807, 2.05) is 60.7 Å². The van der Waals surface area contributed by atoms with Crippen molar-refractivity contribution in [3.05, 3.63) is 126 Å². The predicted octanol–water partition coefficient (Wildman–Crippen LogP) is 7.45. The lowest BCUT2D eigenvalue weighted by Gasteiger charge is -2.17. The number of hydrogen-bond acceptors (Lipinski definition) is 0. The zero-order valence-corrected chi connectivity index (χ0v) is 15.4. The van der Waals surface area contributed by atoms with Crippen molar-refractivity contribution >= 4 is 18.2 Å². The van der Waals surface area contributed by atoms with E-state index in [1.165, 1.54) is 27.8 Å². The van der Waals surface area contributed by atoms with Crippen molar-refractivity contribution in [3.63, 3.8) is 0 Å². The normalized spacial score (nSPS) is 9.77. The number of rotatable bonds is 5. The van der Waals surface area contributed by atoms with Gasteiger partial charge in [0.15, 0.2) is 0 Å². The van der Waals surface area contributed by atoms with E-state index in [0.29, 0.717) is 5.92 Å². The van der Waals surface area contributed by atoms with Gasteiger partial charge in [0.1, 0.15) is 0 Å². The second kappa shape index (κ2) is 10.0. The molecule has 0 aromatic heterocycles. The molecule has 3 aromatic carbocycles. The molecule has 0 nitrogen and oxygen atoms in total. The third kappa shape index (κ3) is 4.94. The van der Waals surface area contributed by atoms with Crippen molar-refractivity contribution < 1.29 is 0 Å². The maximum atomic E-state index is 3.89. The minimum Gasteiger partial charge on any atom is -0.0985 e. The summed E-state index contributed by atoms with van der Waals surface area (Å²) >= 11 is 0. The summed E-state index contributed by atoms with van der Waals surface area (Å²) in [5.41, 5.74) is 6.18. The lowest BCUT2D eigenvalue weighted by atomic mass is 9.87. The second-order valence-corrected chi connectivity index (χ2v) is 6.00. The summed E-state index contributed by atoms with van der Waals surface area (Å²) in [6.07, 6.45) is 5.67. The standard InChI is InChI=1S/C18H18.C8H8/c1-4-15-10-6-8-12-17(15)14(3)18-13-9-7-11-16(18)5-2;1-2-8-6-4-3-5-7-8/h4-14H,1-2H2,3H3;2-7H,1H2. The number of benzene rings is 3. The van der Waals surface area contributed by atoms with Crippen molar-refractivity contribution in [3.8, 4) is 0 Å². The summed E-state index contributed by atoms with van der Waals surface area (Å²) in [7, 11) is 0. The first-order valence-electron chi connectivity index (χ1n) is 8.81. The molecular formula is C26H26. The van der Waals surface area contributed by atoms with Gasteiger partial charge in [0.05, 0.1) is 0 Å². The molecule has 0 spiro atoms. The molecule has 0 radical (unpaired) electrons. The topological polar surface area (TPSA) is 0 Å². The van der Waals surface area contributed by atoms with Crippen LogP contribution >= 0.6 is 0 Å². The van der Waals surface area contributed by atoms with Gasteiger partial charge in [-0.05, 0) is 27.8 Å². The quantitative estimate of drug-likeness (QED) is 0.453. The smallest absolute Gasteiger partial charge is 0.00728 e. The summed E-state index contributed by atoms with van der Waals surface area (Å²) in [6.45, 7) is 13.6. The molecule has 0 saturated heterocycles. The molecule has 0 fully saturated rings. The third-order valence-electron chi connectivity index (χ3n) is 4.40.